The maximum Gasteiger partial charge on any atom is 0.250 e. The third-order valence-corrected chi connectivity index (χ3v) is 5.63. The van der Waals surface area contributed by atoms with Crippen LogP contribution in [0.1, 0.15) is 25.0 Å². The number of anilines is 1. The van der Waals surface area contributed by atoms with Gasteiger partial charge >= 0.3 is 0 Å². The second-order valence-electron chi connectivity index (χ2n) is 5.64. The molecule has 0 fully saturated rings. The van der Waals surface area contributed by atoms with Crippen LogP contribution in [0, 0.1) is 0 Å². The van der Waals surface area contributed by atoms with Gasteiger partial charge in [0.2, 0.25) is 5.91 Å². The minimum absolute atomic E-state index is 0.0990. The third-order valence-electron chi connectivity index (χ3n) is 3.87. The summed E-state index contributed by atoms with van der Waals surface area (Å²) < 4.78 is 1.07. The van der Waals surface area contributed by atoms with Crippen molar-refractivity contribution in [2.24, 2.45) is 5.10 Å². The molecule has 0 aromatic heterocycles. The largest absolute Gasteiger partial charge is 0.372 e. The molecular weight excluding hydrogens is 410 g/mol. The van der Waals surface area contributed by atoms with Gasteiger partial charge in [-0.25, -0.2) is 5.43 Å². The number of hydrogen-bond acceptors (Lipinski definition) is 4. The van der Waals surface area contributed by atoms with Crippen molar-refractivity contribution in [3.63, 3.8) is 0 Å². The number of hydrazone groups is 1. The predicted molar refractivity (Wildman–Crippen MR) is 116 cm³/mol. The lowest BCUT2D eigenvalue weighted by molar-refractivity contribution is -0.118. The summed E-state index contributed by atoms with van der Waals surface area (Å²) in [5.41, 5.74) is 5.92. The number of halogens is 1. The van der Waals surface area contributed by atoms with Crippen LogP contribution in [0.25, 0.3) is 0 Å². The highest BCUT2D eigenvalue weighted by molar-refractivity contribution is 9.10. The van der Waals surface area contributed by atoms with E-state index in [0.717, 1.165) is 28.9 Å². The molecule has 2 aromatic carbocycles. The Morgan fingerprint density at radius 3 is 2.50 bits per heavy atom. The molecular formula is C20H24BrN3OS. The first-order valence-corrected chi connectivity index (χ1v) is 10.6. The van der Waals surface area contributed by atoms with Crippen molar-refractivity contribution in [3.05, 3.63) is 64.1 Å². The van der Waals surface area contributed by atoms with Crippen molar-refractivity contribution in [3.8, 4) is 0 Å². The summed E-state index contributed by atoms with van der Waals surface area (Å²) in [5, 5.41) is 4.04. The van der Waals surface area contributed by atoms with E-state index in [0.29, 0.717) is 5.75 Å². The Labute approximate surface area is 168 Å². The second kappa shape index (κ2) is 11.0. The smallest absolute Gasteiger partial charge is 0.250 e. The van der Waals surface area contributed by atoms with Crippen molar-refractivity contribution in [2.75, 3.05) is 23.7 Å². The van der Waals surface area contributed by atoms with Gasteiger partial charge in [-0.3, -0.25) is 4.79 Å². The summed E-state index contributed by atoms with van der Waals surface area (Å²) >= 11 is 5.08. The standard InChI is InChI=1S/C20H24BrN3OS/c1-3-24(4-2)18-11-9-16(10-12-18)13-22-23-20(25)15-26-14-17-7-5-6-8-19(17)21/h5-13H,3-4,14-15H2,1-2H3,(H,23,25). The van der Waals surface area contributed by atoms with E-state index in [1.165, 1.54) is 11.3 Å². The fourth-order valence-electron chi connectivity index (χ4n) is 2.44. The van der Waals surface area contributed by atoms with Crippen LogP contribution in [0.5, 0.6) is 0 Å². The first-order valence-electron chi connectivity index (χ1n) is 8.62. The van der Waals surface area contributed by atoms with Crippen LogP contribution >= 0.6 is 27.7 Å². The van der Waals surface area contributed by atoms with Crippen molar-refractivity contribution in [1.29, 1.82) is 0 Å². The van der Waals surface area contributed by atoms with Crippen LogP contribution in [0.2, 0.25) is 0 Å². The van der Waals surface area contributed by atoms with Gasteiger partial charge in [-0.2, -0.15) is 5.10 Å². The molecule has 0 aliphatic carbocycles. The molecule has 0 saturated heterocycles. The Kier molecular flexibility index (Phi) is 8.71. The summed E-state index contributed by atoms with van der Waals surface area (Å²) in [6, 6.07) is 16.2. The zero-order chi connectivity index (χ0) is 18.8. The summed E-state index contributed by atoms with van der Waals surface area (Å²) in [7, 11) is 0. The van der Waals surface area contributed by atoms with Gasteiger partial charge in [0.05, 0.1) is 12.0 Å². The molecule has 0 heterocycles. The predicted octanol–water partition coefficient (Wildman–Crippen LogP) is 4.68. The number of nitrogens with one attached hydrogen (secondary N) is 1. The van der Waals surface area contributed by atoms with Crippen molar-refractivity contribution < 1.29 is 4.79 Å². The van der Waals surface area contributed by atoms with E-state index in [9.17, 15) is 4.79 Å². The van der Waals surface area contributed by atoms with E-state index in [4.69, 9.17) is 0 Å². The molecule has 1 N–H and O–H groups in total. The topological polar surface area (TPSA) is 44.7 Å². The van der Waals surface area contributed by atoms with Crippen molar-refractivity contribution in [2.45, 2.75) is 19.6 Å². The highest BCUT2D eigenvalue weighted by Gasteiger charge is 2.03. The quantitative estimate of drug-likeness (QED) is 0.461. The van der Waals surface area contributed by atoms with Gasteiger partial charge < -0.3 is 4.90 Å². The average molecular weight is 434 g/mol. The van der Waals surface area contributed by atoms with Gasteiger partial charge in [-0.05, 0) is 43.2 Å². The van der Waals surface area contributed by atoms with Crippen LogP contribution < -0.4 is 10.3 Å². The minimum atomic E-state index is -0.0990. The van der Waals surface area contributed by atoms with Crippen molar-refractivity contribution in [1.82, 2.24) is 5.43 Å². The van der Waals surface area contributed by atoms with Gasteiger partial charge in [0.1, 0.15) is 0 Å². The molecule has 0 aliphatic heterocycles. The number of rotatable bonds is 9. The number of thioether (sulfide) groups is 1. The summed E-state index contributed by atoms with van der Waals surface area (Å²) in [6.07, 6.45) is 1.67. The van der Waals surface area contributed by atoms with E-state index in [1.807, 2.05) is 30.3 Å². The summed E-state index contributed by atoms with van der Waals surface area (Å²) in [6.45, 7) is 6.25. The molecule has 1 amide bonds. The lowest BCUT2D eigenvalue weighted by atomic mass is 10.2. The van der Waals surface area contributed by atoms with Gasteiger partial charge in [-0.1, -0.05) is 46.3 Å². The number of carbonyl (C=O) groups is 1. The molecule has 26 heavy (non-hydrogen) atoms. The molecule has 138 valence electrons. The molecule has 0 atom stereocenters. The van der Waals surface area contributed by atoms with E-state index < -0.39 is 0 Å². The molecule has 6 heteroatoms. The average Bonchev–Trinajstić information content (AvgIpc) is 2.65. The van der Waals surface area contributed by atoms with Crippen LogP contribution in [-0.4, -0.2) is 31.0 Å². The normalized spacial score (nSPS) is 10.9. The Balaban J connectivity index is 1.75. The summed E-state index contributed by atoms with van der Waals surface area (Å²) in [5.74, 6) is 1.06. The molecule has 2 aromatic rings. The molecule has 0 unspecified atom stereocenters. The van der Waals surface area contributed by atoms with Gasteiger partial charge in [-0.15, -0.1) is 11.8 Å². The number of amides is 1. The fraction of sp³-hybridized carbons (Fsp3) is 0.300. The van der Waals surface area contributed by atoms with E-state index >= 15 is 0 Å². The number of benzene rings is 2. The number of nitrogens with zero attached hydrogens (tertiary/aromatic N) is 2. The van der Waals surface area contributed by atoms with Gasteiger partial charge in [0.15, 0.2) is 0 Å². The first kappa shape index (κ1) is 20.5. The van der Waals surface area contributed by atoms with Gasteiger partial charge in [0, 0.05) is 29.0 Å². The molecule has 0 saturated carbocycles. The summed E-state index contributed by atoms with van der Waals surface area (Å²) in [4.78, 5) is 14.1. The minimum Gasteiger partial charge on any atom is -0.372 e. The Bertz CT molecular complexity index is 730. The maximum absolute atomic E-state index is 11.9. The zero-order valence-electron chi connectivity index (χ0n) is 15.1. The lowest BCUT2D eigenvalue weighted by Crippen LogP contribution is -2.21. The Hall–Kier alpha value is -1.79. The SMILES string of the molecule is CCN(CC)c1ccc(C=NNC(=O)CSCc2ccccc2Br)cc1. The lowest BCUT2D eigenvalue weighted by Gasteiger charge is -2.20. The fourth-order valence-corrected chi connectivity index (χ4v) is 3.87. The molecule has 0 aliphatic rings. The Morgan fingerprint density at radius 1 is 1.15 bits per heavy atom. The van der Waals surface area contributed by atoms with E-state index in [-0.39, 0.29) is 5.91 Å². The number of hydrogen-bond donors (Lipinski definition) is 1. The highest BCUT2D eigenvalue weighted by Crippen LogP contribution is 2.21. The zero-order valence-corrected chi connectivity index (χ0v) is 17.5. The highest BCUT2D eigenvalue weighted by atomic mass is 79.9. The third kappa shape index (κ3) is 6.50. The van der Waals surface area contributed by atoms with E-state index in [2.05, 4.69) is 63.4 Å². The molecule has 0 spiro atoms. The first-order chi connectivity index (χ1) is 12.6. The number of carbonyl (C=O) groups excluding carboxylic acids is 1. The van der Waals surface area contributed by atoms with Crippen LogP contribution in [0.3, 0.4) is 0 Å². The second-order valence-corrected chi connectivity index (χ2v) is 7.48. The van der Waals surface area contributed by atoms with Crippen molar-refractivity contribution >= 4 is 45.5 Å². The van der Waals surface area contributed by atoms with E-state index in [1.54, 1.807) is 18.0 Å². The van der Waals surface area contributed by atoms with Crippen LogP contribution in [-0.2, 0) is 10.5 Å². The van der Waals surface area contributed by atoms with Crippen LogP contribution in [0.15, 0.2) is 58.1 Å². The van der Waals surface area contributed by atoms with Gasteiger partial charge in [0.25, 0.3) is 0 Å². The monoisotopic (exact) mass is 433 g/mol. The van der Waals surface area contributed by atoms with Crippen LogP contribution in [0.4, 0.5) is 5.69 Å². The molecule has 0 bridgehead atoms. The maximum atomic E-state index is 11.9. The molecule has 2 rings (SSSR count). The molecule has 0 radical (unpaired) electrons. The molecule has 4 nitrogen and oxygen atoms in total. The Morgan fingerprint density at radius 2 is 1.85 bits per heavy atom.